The molecule has 0 saturated carbocycles. The molecule has 1 atom stereocenters. The van der Waals surface area contributed by atoms with Gasteiger partial charge in [-0.05, 0) is 38.1 Å². The summed E-state index contributed by atoms with van der Waals surface area (Å²) in [5.41, 5.74) is 0.135. The van der Waals surface area contributed by atoms with Crippen molar-refractivity contribution in [1.29, 1.82) is 0 Å². The van der Waals surface area contributed by atoms with Crippen molar-refractivity contribution in [2.45, 2.75) is 32.4 Å². The number of nitrogens with zero attached hydrogens (tertiary/aromatic N) is 2. The average Bonchev–Trinajstić information content (AvgIpc) is 3.04. The summed E-state index contributed by atoms with van der Waals surface area (Å²) >= 11 is 0. The van der Waals surface area contributed by atoms with Crippen LogP contribution < -0.4 is 5.32 Å². The third-order valence-electron chi connectivity index (χ3n) is 3.80. The number of likely N-dealkylation sites (tertiary alicyclic amines) is 1. The zero-order valence-corrected chi connectivity index (χ0v) is 11.7. The summed E-state index contributed by atoms with van der Waals surface area (Å²) in [7, 11) is 0. The van der Waals surface area contributed by atoms with Crippen LogP contribution in [-0.4, -0.2) is 52.1 Å². The number of rotatable bonds is 6. The van der Waals surface area contributed by atoms with Gasteiger partial charge in [0.1, 0.15) is 12.2 Å². The number of likely N-dealkylation sites (N-methyl/N-ethyl adjacent to an activating group) is 1. The van der Waals surface area contributed by atoms with Gasteiger partial charge in [-0.1, -0.05) is 6.92 Å². The third kappa shape index (κ3) is 3.39. The van der Waals surface area contributed by atoms with E-state index in [1.807, 2.05) is 0 Å². The molecular weight excluding hydrogens is 258 g/mol. The Morgan fingerprint density at radius 2 is 2.30 bits per heavy atom. The lowest BCUT2D eigenvalue weighted by molar-refractivity contribution is -0.121. The fourth-order valence-electron chi connectivity index (χ4n) is 2.73. The molecule has 2 N–H and O–H groups in total. The maximum atomic E-state index is 11.9. The minimum Gasteiger partial charge on any atom is -0.477 e. The second-order valence-electron chi connectivity index (χ2n) is 5.06. The number of hydrogen-bond acceptors (Lipinski definition) is 3. The van der Waals surface area contributed by atoms with Crippen LogP contribution in [0, 0.1) is 0 Å². The number of hydrogen-bond donors (Lipinski definition) is 2. The van der Waals surface area contributed by atoms with Crippen LogP contribution in [0.4, 0.5) is 0 Å². The highest BCUT2D eigenvalue weighted by Gasteiger charge is 2.23. The van der Waals surface area contributed by atoms with Crippen molar-refractivity contribution in [1.82, 2.24) is 14.8 Å². The van der Waals surface area contributed by atoms with Gasteiger partial charge in [-0.3, -0.25) is 9.69 Å². The standard InChI is InChI=1S/C14H21N3O3/c1-2-16-7-3-5-11(16)9-15-13(18)10-17-8-4-6-12(17)14(19)20/h4,6,8,11H,2-3,5,7,9-10H2,1H3,(H,15,18)(H,19,20). The van der Waals surface area contributed by atoms with Gasteiger partial charge in [-0.15, -0.1) is 0 Å². The van der Waals surface area contributed by atoms with Crippen molar-refractivity contribution in [2.75, 3.05) is 19.6 Å². The highest BCUT2D eigenvalue weighted by atomic mass is 16.4. The molecule has 2 heterocycles. The number of carbonyl (C=O) groups is 2. The molecule has 0 aliphatic carbocycles. The van der Waals surface area contributed by atoms with Crippen molar-refractivity contribution < 1.29 is 14.7 Å². The van der Waals surface area contributed by atoms with E-state index in [0.717, 1.165) is 19.5 Å². The monoisotopic (exact) mass is 279 g/mol. The molecule has 1 fully saturated rings. The van der Waals surface area contributed by atoms with Gasteiger partial charge in [0.2, 0.25) is 5.91 Å². The van der Waals surface area contributed by atoms with Gasteiger partial charge >= 0.3 is 5.97 Å². The van der Waals surface area contributed by atoms with Crippen LogP contribution >= 0.6 is 0 Å². The van der Waals surface area contributed by atoms with Crippen LogP contribution in [0.5, 0.6) is 0 Å². The molecular formula is C14H21N3O3. The highest BCUT2D eigenvalue weighted by Crippen LogP contribution is 2.15. The summed E-state index contributed by atoms with van der Waals surface area (Å²) in [6.45, 7) is 4.90. The molecule has 6 heteroatoms. The Kier molecular flexibility index (Phi) is 4.79. The van der Waals surface area contributed by atoms with Crippen molar-refractivity contribution in [3.8, 4) is 0 Å². The van der Waals surface area contributed by atoms with Crippen LogP contribution in [-0.2, 0) is 11.3 Å². The molecule has 20 heavy (non-hydrogen) atoms. The number of aromatic nitrogens is 1. The summed E-state index contributed by atoms with van der Waals surface area (Å²) in [6, 6.07) is 3.53. The molecule has 110 valence electrons. The summed E-state index contributed by atoms with van der Waals surface area (Å²) in [4.78, 5) is 25.2. The van der Waals surface area contributed by atoms with Crippen LogP contribution in [0.25, 0.3) is 0 Å². The van der Waals surface area contributed by atoms with E-state index in [0.29, 0.717) is 12.6 Å². The first-order valence-electron chi connectivity index (χ1n) is 7.01. The molecule has 0 radical (unpaired) electrons. The highest BCUT2D eigenvalue weighted by molar-refractivity contribution is 5.86. The maximum Gasteiger partial charge on any atom is 0.352 e. The van der Waals surface area contributed by atoms with Crippen LogP contribution in [0.2, 0.25) is 0 Å². The lowest BCUT2D eigenvalue weighted by atomic mass is 10.2. The molecule has 1 aliphatic rings. The van der Waals surface area contributed by atoms with Crippen molar-refractivity contribution in [2.24, 2.45) is 0 Å². The van der Waals surface area contributed by atoms with Crippen molar-refractivity contribution >= 4 is 11.9 Å². The molecule has 0 spiro atoms. The molecule has 6 nitrogen and oxygen atoms in total. The quantitative estimate of drug-likeness (QED) is 0.807. The topological polar surface area (TPSA) is 74.6 Å². The van der Waals surface area contributed by atoms with Gasteiger partial charge in [0.25, 0.3) is 0 Å². The van der Waals surface area contributed by atoms with E-state index in [4.69, 9.17) is 5.11 Å². The van der Waals surface area contributed by atoms with Gasteiger partial charge in [0, 0.05) is 18.8 Å². The molecule has 1 unspecified atom stereocenters. The van der Waals surface area contributed by atoms with E-state index in [1.165, 1.54) is 17.1 Å². The predicted molar refractivity (Wildman–Crippen MR) is 74.7 cm³/mol. The van der Waals surface area contributed by atoms with Gasteiger partial charge in [0.05, 0.1) is 0 Å². The number of aromatic carboxylic acids is 1. The molecule has 1 saturated heterocycles. The van der Waals surface area contributed by atoms with E-state index >= 15 is 0 Å². The molecule has 1 aromatic heterocycles. The van der Waals surface area contributed by atoms with Crippen molar-refractivity contribution in [3.05, 3.63) is 24.0 Å². The zero-order chi connectivity index (χ0) is 14.5. The second kappa shape index (κ2) is 6.56. The number of amides is 1. The Balaban J connectivity index is 1.83. The largest absolute Gasteiger partial charge is 0.477 e. The van der Waals surface area contributed by atoms with E-state index in [9.17, 15) is 9.59 Å². The Bertz CT molecular complexity index is 484. The number of carbonyl (C=O) groups excluding carboxylic acids is 1. The van der Waals surface area contributed by atoms with Crippen molar-refractivity contribution in [3.63, 3.8) is 0 Å². The van der Waals surface area contributed by atoms with Gasteiger partial charge in [-0.25, -0.2) is 4.79 Å². The Morgan fingerprint density at radius 3 is 3.00 bits per heavy atom. The molecule has 0 bridgehead atoms. The van der Waals surface area contributed by atoms with Gasteiger partial charge < -0.3 is 15.0 Å². The second-order valence-corrected chi connectivity index (χ2v) is 5.06. The summed E-state index contributed by atoms with van der Waals surface area (Å²) in [5, 5.41) is 11.9. The smallest absolute Gasteiger partial charge is 0.352 e. The SMILES string of the molecule is CCN1CCCC1CNC(=O)Cn1cccc1C(=O)O. The van der Waals surface area contributed by atoms with E-state index < -0.39 is 5.97 Å². The molecule has 0 aromatic carbocycles. The molecule has 1 amide bonds. The summed E-state index contributed by atoms with van der Waals surface area (Å²) in [6.07, 6.45) is 3.89. The van der Waals surface area contributed by atoms with E-state index in [1.54, 1.807) is 12.3 Å². The molecule has 1 aromatic rings. The number of carboxylic acid groups (broad SMARTS) is 1. The van der Waals surface area contributed by atoms with E-state index in [-0.39, 0.29) is 18.1 Å². The van der Waals surface area contributed by atoms with Crippen LogP contribution in [0.15, 0.2) is 18.3 Å². The predicted octanol–water partition coefficient (Wildman–Crippen LogP) is 0.787. The van der Waals surface area contributed by atoms with Crippen LogP contribution in [0.3, 0.4) is 0 Å². The minimum absolute atomic E-state index is 0.0491. The Labute approximate surface area is 118 Å². The lowest BCUT2D eigenvalue weighted by Gasteiger charge is -2.22. The third-order valence-corrected chi connectivity index (χ3v) is 3.80. The summed E-state index contributed by atoms with van der Waals surface area (Å²) in [5.74, 6) is -1.16. The fourth-order valence-corrected chi connectivity index (χ4v) is 2.73. The normalized spacial score (nSPS) is 19.1. The molecule has 1 aliphatic heterocycles. The molecule has 2 rings (SSSR count). The lowest BCUT2D eigenvalue weighted by Crippen LogP contribution is -2.41. The van der Waals surface area contributed by atoms with E-state index in [2.05, 4.69) is 17.1 Å². The summed E-state index contributed by atoms with van der Waals surface area (Å²) < 4.78 is 1.45. The first-order chi connectivity index (χ1) is 9.61. The number of carboxylic acids is 1. The first-order valence-corrected chi connectivity index (χ1v) is 7.01. The zero-order valence-electron chi connectivity index (χ0n) is 11.7. The number of nitrogens with one attached hydrogen (secondary N) is 1. The van der Waals surface area contributed by atoms with Gasteiger partial charge in [-0.2, -0.15) is 0 Å². The minimum atomic E-state index is -1.02. The van der Waals surface area contributed by atoms with Gasteiger partial charge in [0.15, 0.2) is 0 Å². The fraction of sp³-hybridized carbons (Fsp3) is 0.571. The average molecular weight is 279 g/mol. The first kappa shape index (κ1) is 14.6. The Morgan fingerprint density at radius 1 is 1.50 bits per heavy atom. The maximum absolute atomic E-state index is 11.9. The van der Waals surface area contributed by atoms with Crippen LogP contribution in [0.1, 0.15) is 30.3 Å². The Hall–Kier alpha value is -1.82.